The monoisotopic (exact) mass is 510 g/mol. The molecule has 0 spiro atoms. The number of nitro benzene ring substituents is 1. The van der Waals surface area contributed by atoms with Crippen LogP contribution in [0.4, 0.5) is 23.5 Å². The van der Waals surface area contributed by atoms with Crippen molar-refractivity contribution >= 4 is 41.3 Å². The molecule has 5 rings (SSSR count). The van der Waals surface area contributed by atoms with Gasteiger partial charge < -0.3 is 14.2 Å². The minimum Gasteiger partial charge on any atom is -0.455 e. The molecule has 0 radical (unpaired) electrons. The summed E-state index contributed by atoms with van der Waals surface area (Å²) in [7, 11) is 0. The summed E-state index contributed by atoms with van der Waals surface area (Å²) < 4.78 is 5.80. The van der Waals surface area contributed by atoms with Gasteiger partial charge in [0.05, 0.1) is 11.1 Å². The molecular formula is C24H27ClN8O3. The zero-order valence-corrected chi connectivity index (χ0v) is 20.5. The Morgan fingerprint density at radius 2 is 1.58 bits per heavy atom. The van der Waals surface area contributed by atoms with E-state index in [0.29, 0.717) is 34.9 Å². The Kier molecular flexibility index (Phi) is 7.26. The number of hydrogen-bond donors (Lipinski definition) is 1. The van der Waals surface area contributed by atoms with Crippen molar-refractivity contribution in [2.24, 2.45) is 5.10 Å². The molecule has 1 N–H and O–H groups in total. The fourth-order valence-electron chi connectivity index (χ4n) is 4.41. The van der Waals surface area contributed by atoms with Gasteiger partial charge in [-0.1, -0.05) is 11.6 Å². The van der Waals surface area contributed by atoms with E-state index in [0.717, 1.165) is 51.9 Å². The topological polar surface area (TPSA) is 126 Å². The van der Waals surface area contributed by atoms with Gasteiger partial charge in [0.2, 0.25) is 17.8 Å². The molecular weight excluding hydrogens is 484 g/mol. The van der Waals surface area contributed by atoms with E-state index >= 15 is 0 Å². The summed E-state index contributed by atoms with van der Waals surface area (Å²) in [5.41, 5.74) is 3.29. The molecule has 36 heavy (non-hydrogen) atoms. The highest BCUT2D eigenvalue weighted by molar-refractivity contribution is 6.32. The van der Waals surface area contributed by atoms with Gasteiger partial charge in [-0.3, -0.25) is 10.1 Å². The number of rotatable bonds is 7. The zero-order chi connectivity index (χ0) is 24.9. The van der Waals surface area contributed by atoms with Gasteiger partial charge in [-0.25, -0.2) is 5.43 Å². The molecule has 0 amide bonds. The Hall–Kier alpha value is -3.73. The minimum absolute atomic E-state index is 0.0755. The van der Waals surface area contributed by atoms with Crippen molar-refractivity contribution in [2.75, 3.05) is 41.4 Å². The molecule has 3 aromatic rings. The summed E-state index contributed by atoms with van der Waals surface area (Å²) in [5.74, 6) is 2.66. The molecule has 1 aromatic carbocycles. The van der Waals surface area contributed by atoms with Gasteiger partial charge in [0.1, 0.15) is 16.5 Å². The summed E-state index contributed by atoms with van der Waals surface area (Å²) >= 11 is 5.91. The molecule has 11 nitrogen and oxygen atoms in total. The van der Waals surface area contributed by atoms with Gasteiger partial charge >= 0.3 is 0 Å². The summed E-state index contributed by atoms with van der Waals surface area (Å²) in [6.45, 7) is 3.74. The van der Waals surface area contributed by atoms with Crippen molar-refractivity contribution in [2.45, 2.75) is 38.5 Å². The van der Waals surface area contributed by atoms with Crippen molar-refractivity contribution in [3.8, 4) is 11.3 Å². The van der Waals surface area contributed by atoms with Crippen LogP contribution < -0.4 is 15.2 Å². The molecule has 12 heteroatoms. The van der Waals surface area contributed by atoms with Crippen molar-refractivity contribution in [3.05, 3.63) is 51.2 Å². The number of halogens is 1. The van der Waals surface area contributed by atoms with Crippen LogP contribution in [0.5, 0.6) is 0 Å². The smallest absolute Gasteiger partial charge is 0.288 e. The molecule has 2 aromatic heterocycles. The Morgan fingerprint density at radius 3 is 2.19 bits per heavy atom. The molecule has 0 bridgehead atoms. The van der Waals surface area contributed by atoms with Crippen molar-refractivity contribution < 1.29 is 9.34 Å². The zero-order valence-electron chi connectivity index (χ0n) is 19.8. The predicted molar refractivity (Wildman–Crippen MR) is 139 cm³/mol. The lowest BCUT2D eigenvalue weighted by Gasteiger charge is -2.30. The second-order valence-corrected chi connectivity index (χ2v) is 9.26. The standard InChI is InChI=1S/C24H27ClN8O3/c25-19-9-7-17(15-20(19)33(34)35)21-10-8-18(36-21)16-26-30-22-27-23(31-11-3-1-4-12-31)29-24(28-22)32-13-5-2-6-14-32/h7-10,15-16H,1-6,11-14H2,(H,27,28,29,30)/b26-16-. The van der Waals surface area contributed by atoms with E-state index in [9.17, 15) is 10.1 Å². The van der Waals surface area contributed by atoms with E-state index in [1.165, 1.54) is 31.2 Å². The third-order valence-electron chi connectivity index (χ3n) is 6.30. The number of nitrogens with one attached hydrogen (secondary N) is 1. The lowest BCUT2D eigenvalue weighted by Crippen LogP contribution is -2.34. The summed E-state index contributed by atoms with van der Waals surface area (Å²) in [6, 6.07) is 7.98. The maximum absolute atomic E-state index is 11.2. The number of benzene rings is 1. The van der Waals surface area contributed by atoms with Crippen LogP contribution >= 0.6 is 11.6 Å². The van der Waals surface area contributed by atoms with E-state index in [-0.39, 0.29) is 10.7 Å². The van der Waals surface area contributed by atoms with E-state index in [4.69, 9.17) is 21.0 Å². The van der Waals surface area contributed by atoms with Crippen LogP contribution in [0.3, 0.4) is 0 Å². The van der Waals surface area contributed by atoms with Crippen LogP contribution in [0.25, 0.3) is 11.3 Å². The molecule has 2 fully saturated rings. The SMILES string of the molecule is O=[N+]([O-])c1cc(-c2ccc(/C=N\Nc3nc(N4CCCCC4)nc(N4CCCCC4)n3)o2)ccc1Cl. The van der Waals surface area contributed by atoms with Gasteiger partial charge in [0.15, 0.2) is 0 Å². The molecule has 2 aliphatic heterocycles. The first-order valence-corrected chi connectivity index (χ1v) is 12.5. The third-order valence-corrected chi connectivity index (χ3v) is 6.62. The van der Waals surface area contributed by atoms with Gasteiger partial charge in [-0.2, -0.15) is 20.1 Å². The first-order valence-electron chi connectivity index (χ1n) is 12.2. The van der Waals surface area contributed by atoms with Crippen molar-refractivity contribution in [1.29, 1.82) is 0 Å². The van der Waals surface area contributed by atoms with Gasteiger partial charge in [0.25, 0.3) is 5.69 Å². The number of hydrazone groups is 1. The van der Waals surface area contributed by atoms with Gasteiger partial charge in [0, 0.05) is 37.8 Å². The number of anilines is 3. The van der Waals surface area contributed by atoms with Crippen molar-refractivity contribution in [3.63, 3.8) is 0 Å². The molecule has 0 aliphatic carbocycles. The Balaban J connectivity index is 1.33. The fraction of sp³-hybridized carbons (Fsp3) is 0.417. The molecule has 0 saturated carbocycles. The van der Waals surface area contributed by atoms with Crippen LogP contribution in [0, 0.1) is 10.1 Å². The number of piperidine rings is 2. The number of furan rings is 1. The Morgan fingerprint density at radius 1 is 0.944 bits per heavy atom. The van der Waals surface area contributed by atoms with E-state index in [2.05, 4.69) is 30.3 Å². The first kappa shape index (κ1) is 24.0. The number of aromatic nitrogens is 3. The third kappa shape index (κ3) is 5.56. The summed E-state index contributed by atoms with van der Waals surface area (Å²) in [5, 5.41) is 15.5. The molecule has 4 heterocycles. The maximum atomic E-state index is 11.2. The Labute approximate surface area is 213 Å². The number of nitrogens with zero attached hydrogens (tertiary/aromatic N) is 7. The molecule has 0 unspecified atom stereocenters. The highest BCUT2D eigenvalue weighted by Gasteiger charge is 2.20. The number of hydrogen-bond acceptors (Lipinski definition) is 10. The van der Waals surface area contributed by atoms with Crippen LogP contribution in [0.1, 0.15) is 44.3 Å². The normalized spacial score (nSPS) is 16.5. The van der Waals surface area contributed by atoms with Crippen LogP contribution in [-0.4, -0.2) is 52.3 Å². The second kappa shape index (κ2) is 10.9. The van der Waals surface area contributed by atoms with Gasteiger partial charge in [-0.05, 0) is 62.8 Å². The quantitative estimate of drug-likeness (QED) is 0.262. The van der Waals surface area contributed by atoms with Crippen LogP contribution in [0.2, 0.25) is 5.02 Å². The molecule has 2 saturated heterocycles. The molecule has 2 aliphatic rings. The largest absolute Gasteiger partial charge is 0.455 e. The van der Waals surface area contributed by atoms with Crippen LogP contribution in [0.15, 0.2) is 39.9 Å². The second-order valence-electron chi connectivity index (χ2n) is 8.85. The lowest BCUT2D eigenvalue weighted by atomic mass is 10.1. The van der Waals surface area contributed by atoms with Gasteiger partial charge in [-0.15, -0.1) is 0 Å². The maximum Gasteiger partial charge on any atom is 0.288 e. The summed E-state index contributed by atoms with van der Waals surface area (Å²) in [4.78, 5) is 29.1. The average Bonchev–Trinajstić information content (AvgIpc) is 3.38. The fourth-order valence-corrected chi connectivity index (χ4v) is 4.60. The van der Waals surface area contributed by atoms with E-state index < -0.39 is 4.92 Å². The highest BCUT2D eigenvalue weighted by Crippen LogP contribution is 2.31. The first-order chi connectivity index (χ1) is 17.6. The van der Waals surface area contributed by atoms with E-state index in [1.54, 1.807) is 18.2 Å². The lowest BCUT2D eigenvalue weighted by molar-refractivity contribution is -0.384. The Bertz CT molecular complexity index is 1220. The average molecular weight is 511 g/mol. The highest BCUT2D eigenvalue weighted by atomic mass is 35.5. The number of nitro groups is 1. The minimum atomic E-state index is -0.522. The van der Waals surface area contributed by atoms with Crippen LogP contribution in [-0.2, 0) is 0 Å². The van der Waals surface area contributed by atoms with E-state index in [1.807, 2.05) is 0 Å². The summed E-state index contributed by atoms with van der Waals surface area (Å²) in [6.07, 6.45) is 8.48. The molecule has 188 valence electrons. The van der Waals surface area contributed by atoms with Crippen molar-refractivity contribution in [1.82, 2.24) is 15.0 Å². The predicted octanol–water partition coefficient (Wildman–Crippen LogP) is 5.12. The molecule has 0 atom stereocenters.